The number of carboxylic acid groups (broad SMARTS) is 2. The Morgan fingerprint density at radius 3 is 1.31 bits per heavy atom. The summed E-state index contributed by atoms with van der Waals surface area (Å²) in [5.41, 5.74) is -0.276. The number of hydrogen-bond donors (Lipinski definition) is 5. The number of rotatable bonds is 36. The lowest BCUT2D eigenvalue weighted by molar-refractivity contribution is -0.142. The number of nitrogens with one attached hydrogen (secondary N) is 3. The minimum absolute atomic E-state index is 0.00553. The molecule has 0 aliphatic carbocycles. The minimum atomic E-state index is -1.17. The van der Waals surface area contributed by atoms with Crippen molar-refractivity contribution in [1.29, 1.82) is 0 Å². The second-order valence-corrected chi connectivity index (χ2v) is 16.9. The van der Waals surface area contributed by atoms with Gasteiger partial charge in [-0.2, -0.15) is 0 Å². The van der Waals surface area contributed by atoms with Crippen molar-refractivity contribution in [2.45, 2.75) is 158 Å². The van der Waals surface area contributed by atoms with Crippen LogP contribution in [0.25, 0.3) is 0 Å². The SMILES string of the molecule is CC(=O)N[C@@H](CCC(=O)CCCOCCC(=O)C(C)C)C(=O)O.CC(=O)N[C@@H](CCC(=O)NCCOCCOCCC(=O)C(C)C)C(=O)O.CCC(=O)CCCOCCC(=O)C(C)(C)C. The van der Waals surface area contributed by atoms with E-state index in [9.17, 15) is 47.9 Å². The molecule has 0 bridgehead atoms. The van der Waals surface area contributed by atoms with Crippen LogP contribution in [0.4, 0.5) is 0 Å². The first-order valence-corrected chi connectivity index (χ1v) is 22.5. The maximum absolute atomic E-state index is 11.7. The molecule has 0 aromatic rings. The highest BCUT2D eigenvalue weighted by Crippen LogP contribution is 2.16. The summed E-state index contributed by atoms with van der Waals surface area (Å²) in [5.74, 6) is -2.76. The third-order valence-corrected chi connectivity index (χ3v) is 9.13. The third-order valence-electron chi connectivity index (χ3n) is 9.13. The Hall–Kier alpha value is -4.46. The number of aliphatic carboxylic acids is 2. The molecule has 0 unspecified atom stereocenters. The molecule has 3 amide bonds. The van der Waals surface area contributed by atoms with Crippen molar-refractivity contribution in [2.24, 2.45) is 17.3 Å². The summed E-state index contributed by atoms with van der Waals surface area (Å²) in [4.78, 5) is 112. The van der Waals surface area contributed by atoms with E-state index in [-0.39, 0.29) is 77.8 Å². The van der Waals surface area contributed by atoms with Crippen molar-refractivity contribution < 1.29 is 77.1 Å². The van der Waals surface area contributed by atoms with E-state index in [0.717, 1.165) is 6.42 Å². The Kier molecular flexibility index (Phi) is 39.8. The highest BCUT2D eigenvalue weighted by Gasteiger charge is 2.21. The summed E-state index contributed by atoms with van der Waals surface area (Å²) in [7, 11) is 0. The van der Waals surface area contributed by atoms with E-state index in [4.69, 9.17) is 29.2 Å². The van der Waals surface area contributed by atoms with Crippen molar-refractivity contribution >= 4 is 58.6 Å². The fourth-order valence-corrected chi connectivity index (χ4v) is 4.97. The number of Topliss-reactive ketones (excluding diaryl/α,β-unsaturated/α-hetero) is 5. The lowest BCUT2D eigenvalue weighted by Gasteiger charge is -2.16. The van der Waals surface area contributed by atoms with Gasteiger partial charge in [0, 0.05) is 102 Å². The van der Waals surface area contributed by atoms with Gasteiger partial charge in [0.2, 0.25) is 17.7 Å². The smallest absolute Gasteiger partial charge is 0.326 e. The molecule has 2 atom stereocenters. The van der Waals surface area contributed by atoms with Crippen LogP contribution in [0.15, 0.2) is 0 Å². The first-order valence-electron chi connectivity index (χ1n) is 22.5. The summed E-state index contributed by atoms with van der Waals surface area (Å²) in [6.45, 7) is 20.9. The van der Waals surface area contributed by atoms with Gasteiger partial charge in [-0.3, -0.25) is 38.4 Å². The van der Waals surface area contributed by atoms with E-state index >= 15 is 0 Å². The summed E-state index contributed by atoms with van der Waals surface area (Å²) in [6, 6.07) is -2.11. The van der Waals surface area contributed by atoms with Crippen LogP contribution in [0.5, 0.6) is 0 Å². The number of carbonyl (C=O) groups is 10. The number of carbonyl (C=O) groups excluding carboxylic acids is 8. The van der Waals surface area contributed by atoms with Crippen molar-refractivity contribution in [3.05, 3.63) is 0 Å². The molecule has 0 aromatic carbocycles. The molecule has 0 rings (SSSR count). The van der Waals surface area contributed by atoms with Gasteiger partial charge in [0.05, 0.1) is 39.6 Å². The monoisotopic (exact) mass is 932 g/mol. The van der Waals surface area contributed by atoms with Crippen LogP contribution in [0.1, 0.15) is 146 Å². The van der Waals surface area contributed by atoms with Gasteiger partial charge in [-0.1, -0.05) is 55.4 Å². The molecule has 65 heavy (non-hydrogen) atoms. The average Bonchev–Trinajstić information content (AvgIpc) is 3.21. The molecule has 0 saturated heterocycles. The fraction of sp³-hybridized carbons (Fsp3) is 0.783. The maximum atomic E-state index is 11.7. The van der Waals surface area contributed by atoms with Crippen LogP contribution in [0.2, 0.25) is 0 Å². The van der Waals surface area contributed by atoms with Gasteiger partial charge >= 0.3 is 11.9 Å². The number of hydrogen-bond acceptors (Lipinski definition) is 14. The van der Waals surface area contributed by atoms with Gasteiger partial charge in [-0.15, -0.1) is 0 Å². The van der Waals surface area contributed by atoms with Crippen molar-refractivity contribution in [3.8, 4) is 0 Å². The summed E-state index contributed by atoms with van der Waals surface area (Å²) >= 11 is 0. The Morgan fingerprint density at radius 1 is 0.508 bits per heavy atom. The van der Waals surface area contributed by atoms with E-state index in [1.165, 1.54) is 13.8 Å². The Morgan fingerprint density at radius 2 is 0.908 bits per heavy atom. The minimum Gasteiger partial charge on any atom is -0.480 e. The zero-order valence-electron chi connectivity index (χ0n) is 40.8. The zero-order valence-corrected chi connectivity index (χ0v) is 40.8. The summed E-state index contributed by atoms with van der Waals surface area (Å²) in [5, 5.41) is 25.0. The van der Waals surface area contributed by atoms with Crippen molar-refractivity contribution in [1.82, 2.24) is 16.0 Å². The summed E-state index contributed by atoms with van der Waals surface area (Å²) < 4.78 is 21.2. The van der Waals surface area contributed by atoms with E-state index < -0.39 is 35.8 Å². The maximum Gasteiger partial charge on any atom is 0.326 e. The van der Waals surface area contributed by atoms with Gasteiger partial charge in [0.1, 0.15) is 41.0 Å². The largest absolute Gasteiger partial charge is 0.480 e. The normalized spacial score (nSPS) is 11.8. The summed E-state index contributed by atoms with van der Waals surface area (Å²) in [6.07, 6.45) is 4.20. The number of carboxylic acids is 2. The molecule has 5 N–H and O–H groups in total. The molecular weight excluding hydrogens is 851 g/mol. The average molecular weight is 932 g/mol. The lowest BCUT2D eigenvalue weighted by Crippen LogP contribution is -2.40. The molecule has 0 aromatic heterocycles. The highest BCUT2D eigenvalue weighted by molar-refractivity contribution is 5.85. The Balaban J connectivity index is -0.000000912. The predicted molar refractivity (Wildman–Crippen MR) is 242 cm³/mol. The van der Waals surface area contributed by atoms with Crippen LogP contribution in [-0.4, -0.2) is 140 Å². The van der Waals surface area contributed by atoms with Crippen LogP contribution in [0, 0.1) is 17.3 Å². The van der Waals surface area contributed by atoms with E-state index in [1.807, 2.05) is 55.4 Å². The van der Waals surface area contributed by atoms with Gasteiger partial charge in [-0.05, 0) is 25.7 Å². The molecule has 19 nitrogen and oxygen atoms in total. The third kappa shape index (κ3) is 43.2. The molecule has 0 aliphatic rings. The molecule has 0 heterocycles. The molecular formula is C46H81N3O16. The van der Waals surface area contributed by atoms with Gasteiger partial charge in [-0.25, -0.2) is 9.59 Å². The quantitative estimate of drug-likeness (QED) is 0.0550. The topological polar surface area (TPSA) is 284 Å². The van der Waals surface area contributed by atoms with Crippen LogP contribution >= 0.6 is 0 Å². The molecule has 376 valence electrons. The Bertz CT molecular complexity index is 1440. The van der Waals surface area contributed by atoms with Crippen molar-refractivity contribution in [2.75, 3.05) is 59.4 Å². The van der Waals surface area contributed by atoms with Crippen LogP contribution in [-0.2, 0) is 66.9 Å². The number of amides is 3. The van der Waals surface area contributed by atoms with E-state index in [0.29, 0.717) is 104 Å². The molecule has 0 radical (unpaired) electrons. The first kappa shape index (κ1) is 64.8. The van der Waals surface area contributed by atoms with E-state index in [2.05, 4.69) is 16.0 Å². The standard InChI is InChI=1S/C17H30N2O7.C16H27NO6.C13H24O3/c1-12(2)15(21)6-8-25-10-11-26-9-7-18-16(22)5-4-14(17(23)24)19-13(3)20;1-11(2)15(20)8-10-23-9-4-5-13(19)6-7-14(16(21)22)17-12(3)18;1-5-11(14)7-6-9-16-10-8-12(15)13(2,3)4/h12,14H,4-11H2,1-3H3,(H,18,22)(H,19,20)(H,23,24);11,14H,4-10H2,1-3H3,(H,17,18)(H,21,22);5-10H2,1-4H3/t2*14-;/m00./s1. The Labute approximate surface area is 385 Å². The molecule has 0 spiro atoms. The van der Waals surface area contributed by atoms with Crippen molar-refractivity contribution in [3.63, 3.8) is 0 Å². The zero-order chi connectivity index (χ0) is 50.4. The number of ether oxygens (including phenoxy) is 4. The second kappa shape index (κ2) is 39.9. The predicted octanol–water partition coefficient (Wildman–Crippen LogP) is 4.23. The first-order chi connectivity index (χ1) is 30.3. The molecule has 19 heteroatoms. The lowest BCUT2D eigenvalue weighted by atomic mass is 9.89. The highest BCUT2D eigenvalue weighted by atomic mass is 16.5. The second-order valence-electron chi connectivity index (χ2n) is 16.9. The molecule has 0 aliphatic heterocycles. The van der Waals surface area contributed by atoms with Crippen LogP contribution < -0.4 is 16.0 Å². The molecule has 0 saturated carbocycles. The van der Waals surface area contributed by atoms with Gasteiger partial charge < -0.3 is 45.1 Å². The van der Waals surface area contributed by atoms with Crippen LogP contribution in [0.3, 0.4) is 0 Å². The van der Waals surface area contributed by atoms with E-state index in [1.54, 1.807) is 0 Å². The van der Waals surface area contributed by atoms with Gasteiger partial charge in [0.25, 0.3) is 0 Å². The molecule has 0 fully saturated rings. The number of ketones is 5. The fourth-order valence-electron chi connectivity index (χ4n) is 4.97. The van der Waals surface area contributed by atoms with Gasteiger partial charge in [0.15, 0.2) is 0 Å².